The maximum absolute atomic E-state index is 12.6. The highest BCUT2D eigenvalue weighted by molar-refractivity contribution is 7.99. The van der Waals surface area contributed by atoms with Gasteiger partial charge in [-0.05, 0) is 49.6 Å². The molecule has 1 aromatic heterocycles. The summed E-state index contributed by atoms with van der Waals surface area (Å²) in [5.41, 5.74) is 1.58. The Labute approximate surface area is 193 Å². The first-order valence-electron chi connectivity index (χ1n) is 10.1. The number of nitrogens with zero attached hydrogens (tertiary/aromatic N) is 5. The summed E-state index contributed by atoms with van der Waals surface area (Å²) in [6.45, 7) is 3.54. The van der Waals surface area contributed by atoms with Gasteiger partial charge in [-0.3, -0.25) is 19.5 Å². The minimum atomic E-state index is -0.506. The number of nitro benzene ring substituents is 1. The van der Waals surface area contributed by atoms with E-state index in [1.807, 2.05) is 22.8 Å². The van der Waals surface area contributed by atoms with Gasteiger partial charge in [-0.2, -0.15) is 0 Å². The van der Waals surface area contributed by atoms with Gasteiger partial charge < -0.3 is 10.2 Å². The second kappa shape index (κ2) is 9.58. The summed E-state index contributed by atoms with van der Waals surface area (Å²) in [6.07, 6.45) is 2.17. The van der Waals surface area contributed by atoms with Crippen molar-refractivity contribution in [1.29, 1.82) is 0 Å². The zero-order chi connectivity index (χ0) is 22.7. The smallest absolute Gasteiger partial charge is 0.293 e. The maximum Gasteiger partial charge on any atom is 0.293 e. The van der Waals surface area contributed by atoms with Crippen molar-refractivity contribution in [1.82, 2.24) is 14.8 Å². The predicted octanol–water partition coefficient (Wildman–Crippen LogP) is 4.47. The molecule has 1 aliphatic rings. The third kappa shape index (κ3) is 4.86. The van der Waals surface area contributed by atoms with Crippen LogP contribution >= 0.6 is 23.4 Å². The van der Waals surface area contributed by atoms with E-state index in [-0.39, 0.29) is 23.0 Å². The Bertz CT molecular complexity index is 1160. The molecule has 0 unspecified atom stereocenters. The monoisotopic (exact) mass is 472 g/mol. The number of aryl methyl sites for hydroxylation is 1. The SMILES string of the molecule is Cc1ccc(NC(=O)CSc2nnc(N3CCCC3)n2-c2cccc(Cl)c2)c([N+](=O)[O-])c1. The second-order valence-electron chi connectivity index (χ2n) is 7.41. The van der Waals surface area contributed by atoms with Gasteiger partial charge in [0.1, 0.15) is 5.69 Å². The van der Waals surface area contributed by atoms with Crippen molar-refractivity contribution in [2.24, 2.45) is 0 Å². The van der Waals surface area contributed by atoms with Crippen molar-refractivity contribution in [3.8, 4) is 5.69 Å². The van der Waals surface area contributed by atoms with Crippen LogP contribution in [0.3, 0.4) is 0 Å². The predicted molar refractivity (Wildman–Crippen MR) is 125 cm³/mol. The van der Waals surface area contributed by atoms with Crippen molar-refractivity contribution in [3.05, 3.63) is 63.2 Å². The molecule has 0 atom stereocenters. The molecule has 2 aromatic carbocycles. The van der Waals surface area contributed by atoms with E-state index in [1.54, 1.807) is 19.1 Å². The first-order valence-corrected chi connectivity index (χ1v) is 11.4. The summed E-state index contributed by atoms with van der Waals surface area (Å²) >= 11 is 7.41. The van der Waals surface area contributed by atoms with Crippen molar-refractivity contribution >= 4 is 46.6 Å². The summed E-state index contributed by atoms with van der Waals surface area (Å²) in [7, 11) is 0. The van der Waals surface area contributed by atoms with Crippen molar-refractivity contribution < 1.29 is 9.72 Å². The number of hydrogen-bond donors (Lipinski definition) is 1. The molecule has 32 heavy (non-hydrogen) atoms. The summed E-state index contributed by atoms with van der Waals surface area (Å²) in [6, 6.07) is 12.1. The highest BCUT2D eigenvalue weighted by atomic mass is 35.5. The van der Waals surface area contributed by atoms with Crippen LogP contribution in [0.5, 0.6) is 0 Å². The molecule has 0 radical (unpaired) electrons. The quantitative estimate of drug-likeness (QED) is 0.307. The molecule has 0 aliphatic carbocycles. The van der Waals surface area contributed by atoms with Gasteiger partial charge in [0, 0.05) is 24.2 Å². The third-order valence-corrected chi connectivity index (χ3v) is 6.19. The zero-order valence-electron chi connectivity index (χ0n) is 17.3. The summed E-state index contributed by atoms with van der Waals surface area (Å²) in [5.74, 6) is 0.358. The first-order chi connectivity index (χ1) is 15.4. The molecule has 11 heteroatoms. The van der Waals surface area contributed by atoms with E-state index >= 15 is 0 Å². The lowest BCUT2D eigenvalue weighted by molar-refractivity contribution is -0.384. The van der Waals surface area contributed by atoms with Gasteiger partial charge in [0.25, 0.3) is 5.69 Å². The molecule has 2 heterocycles. The lowest BCUT2D eigenvalue weighted by atomic mass is 10.2. The molecule has 0 spiro atoms. The van der Waals surface area contributed by atoms with Crippen LogP contribution in [0.15, 0.2) is 47.6 Å². The summed E-state index contributed by atoms with van der Waals surface area (Å²) < 4.78 is 1.89. The molecule has 0 saturated carbocycles. The van der Waals surface area contributed by atoms with Gasteiger partial charge in [-0.25, -0.2) is 0 Å². The number of thioether (sulfide) groups is 1. The molecular formula is C21H21ClN6O3S. The summed E-state index contributed by atoms with van der Waals surface area (Å²) in [4.78, 5) is 25.5. The third-order valence-electron chi connectivity index (χ3n) is 5.03. The van der Waals surface area contributed by atoms with Gasteiger partial charge in [0.15, 0.2) is 5.16 Å². The molecule has 1 fully saturated rings. The van der Waals surface area contributed by atoms with E-state index in [0.29, 0.717) is 16.1 Å². The van der Waals surface area contributed by atoms with E-state index in [1.165, 1.54) is 23.9 Å². The Morgan fingerprint density at radius 3 is 2.72 bits per heavy atom. The molecule has 1 aliphatic heterocycles. The fraction of sp³-hybridized carbons (Fsp3) is 0.286. The number of nitrogens with one attached hydrogen (secondary N) is 1. The number of anilines is 2. The zero-order valence-corrected chi connectivity index (χ0v) is 18.9. The number of benzene rings is 2. The number of rotatable bonds is 7. The normalized spacial score (nSPS) is 13.4. The topological polar surface area (TPSA) is 106 Å². The van der Waals surface area contributed by atoms with Gasteiger partial charge in [-0.15, -0.1) is 10.2 Å². The summed E-state index contributed by atoms with van der Waals surface area (Å²) in [5, 5.41) is 23.7. The van der Waals surface area contributed by atoms with Crippen molar-refractivity contribution in [2.45, 2.75) is 24.9 Å². The molecule has 4 rings (SSSR count). The van der Waals surface area contributed by atoms with Crippen LogP contribution in [-0.2, 0) is 4.79 Å². The van der Waals surface area contributed by atoms with Crippen LogP contribution < -0.4 is 10.2 Å². The molecule has 0 bridgehead atoms. The Balaban J connectivity index is 1.55. The second-order valence-corrected chi connectivity index (χ2v) is 8.79. The lowest BCUT2D eigenvalue weighted by Gasteiger charge is -2.18. The first kappa shape index (κ1) is 22.1. The van der Waals surface area contributed by atoms with Crippen molar-refractivity contribution in [3.63, 3.8) is 0 Å². The Morgan fingerprint density at radius 1 is 1.22 bits per heavy atom. The van der Waals surface area contributed by atoms with Crippen LogP contribution in [-0.4, -0.2) is 44.4 Å². The van der Waals surface area contributed by atoms with Crippen LogP contribution in [0.25, 0.3) is 5.69 Å². The molecule has 1 amide bonds. The van der Waals surface area contributed by atoms with Crippen LogP contribution in [0.2, 0.25) is 5.02 Å². The number of aromatic nitrogens is 3. The van der Waals surface area contributed by atoms with Crippen LogP contribution in [0, 0.1) is 17.0 Å². The van der Waals surface area contributed by atoms with E-state index in [0.717, 1.165) is 37.2 Å². The number of hydrogen-bond acceptors (Lipinski definition) is 7. The number of amides is 1. The average molecular weight is 473 g/mol. The van der Waals surface area contributed by atoms with Crippen LogP contribution in [0.1, 0.15) is 18.4 Å². The Morgan fingerprint density at radius 2 is 2.00 bits per heavy atom. The van der Waals surface area contributed by atoms with Gasteiger partial charge in [0.05, 0.1) is 16.4 Å². The number of carbonyl (C=O) groups excluding carboxylic acids is 1. The van der Waals surface area contributed by atoms with Gasteiger partial charge >= 0.3 is 0 Å². The highest BCUT2D eigenvalue weighted by Crippen LogP contribution is 2.30. The molecular weight excluding hydrogens is 452 g/mol. The van der Waals surface area contributed by atoms with Crippen molar-refractivity contribution in [2.75, 3.05) is 29.1 Å². The number of nitro groups is 1. The van der Waals surface area contributed by atoms with E-state index in [4.69, 9.17) is 11.6 Å². The number of carbonyl (C=O) groups is 1. The Kier molecular flexibility index (Phi) is 6.61. The van der Waals surface area contributed by atoms with E-state index in [2.05, 4.69) is 20.4 Å². The van der Waals surface area contributed by atoms with E-state index in [9.17, 15) is 14.9 Å². The molecule has 3 aromatic rings. The standard InChI is InChI=1S/C21H21ClN6O3S/c1-14-7-8-17(18(11-14)28(30)31)23-19(29)13-32-21-25-24-20(26-9-2-3-10-26)27(21)16-6-4-5-15(22)12-16/h4-8,11-12H,2-3,9-10,13H2,1H3,(H,23,29). The van der Waals surface area contributed by atoms with Gasteiger partial charge in [-0.1, -0.05) is 35.5 Å². The number of halogens is 1. The molecule has 1 N–H and O–H groups in total. The maximum atomic E-state index is 12.6. The molecule has 1 saturated heterocycles. The minimum Gasteiger partial charge on any atom is -0.341 e. The minimum absolute atomic E-state index is 0.0176. The van der Waals surface area contributed by atoms with Crippen LogP contribution in [0.4, 0.5) is 17.3 Å². The average Bonchev–Trinajstić information content (AvgIpc) is 3.43. The Hall–Kier alpha value is -3.11. The largest absolute Gasteiger partial charge is 0.341 e. The van der Waals surface area contributed by atoms with Gasteiger partial charge in [0.2, 0.25) is 11.9 Å². The molecule has 166 valence electrons. The van der Waals surface area contributed by atoms with E-state index < -0.39 is 4.92 Å². The molecule has 9 nitrogen and oxygen atoms in total. The fourth-order valence-electron chi connectivity index (χ4n) is 3.53. The lowest BCUT2D eigenvalue weighted by Crippen LogP contribution is -2.22. The highest BCUT2D eigenvalue weighted by Gasteiger charge is 2.23. The fourth-order valence-corrected chi connectivity index (χ4v) is 4.47.